The Morgan fingerprint density at radius 3 is 1.39 bits per heavy atom. The Bertz CT molecular complexity index is 324. The molecule has 0 saturated heterocycles. The zero-order valence-corrected chi connectivity index (χ0v) is 15.3. The Kier molecular flexibility index (Phi) is 9.64. The van der Waals surface area contributed by atoms with Crippen molar-refractivity contribution in [1.29, 1.82) is 0 Å². The summed E-state index contributed by atoms with van der Waals surface area (Å²) in [5, 5.41) is 5.33. The molecular formula is C16H32N2O5. The molecule has 0 fully saturated rings. The number of rotatable bonds is 8. The van der Waals surface area contributed by atoms with Crippen molar-refractivity contribution in [3.63, 3.8) is 0 Å². The Labute approximate surface area is 139 Å². The zero-order chi connectivity index (χ0) is 17.9. The van der Waals surface area contributed by atoms with Crippen LogP contribution in [0.5, 0.6) is 0 Å². The van der Waals surface area contributed by atoms with Gasteiger partial charge in [0.25, 0.3) is 0 Å². The van der Waals surface area contributed by atoms with Gasteiger partial charge >= 0.3 is 12.2 Å². The molecule has 0 aromatic heterocycles. The predicted octanol–water partition coefficient (Wildman–Crippen LogP) is 2.83. The van der Waals surface area contributed by atoms with E-state index < -0.39 is 23.4 Å². The molecule has 0 bridgehead atoms. The van der Waals surface area contributed by atoms with Crippen molar-refractivity contribution < 1.29 is 23.8 Å². The fourth-order valence-corrected chi connectivity index (χ4v) is 1.46. The Balaban J connectivity index is 3.41. The quantitative estimate of drug-likeness (QED) is 0.668. The molecule has 7 nitrogen and oxygen atoms in total. The van der Waals surface area contributed by atoms with Gasteiger partial charge in [0.2, 0.25) is 0 Å². The molecule has 2 amide bonds. The zero-order valence-electron chi connectivity index (χ0n) is 15.3. The summed E-state index contributed by atoms with van der Waals surface area (Å²) in [6.45, 7) is 13.0. The monoisotopic (exact) mass is 332 g/mol. The second kappa shape index (κ2) is 10.3. The van der Waals surface area contributed by atoms with Crippen molar-refractivity contribution in [3.05, 3.63) is 0 Å². The number of carbonyl (C=O) groups is 2. The molecule has 7 heteroatoms. The van der Waals surface area contributed by atoms with Crippen LogP contribution in [0.2, 0.25) is 0 Å². The first kappa shape index (κ1) is 21.5. The van der Waals surface area contributed by atoms with Crippen LogP contribution in [0.25, 0.3) is 0 Å². The predicted molar refractivity (Wildman–Crippen MR) is 88.5 cm³/mol. The summed E-state index contributed by atoms with van der Waals surface area (Å²) in [7, 11) is 0. The second-order valence-electron chi connectivity index (χ2n) is 7.18. The van der Waals surface area contributed by atoms with Gasteiger partial charge in [-0.15, -0.1) is 0 Å². The molecule has 0 spiro atoms. The molecule has 0 saturated carbocycles. The molecule has 23 heavy (non-hydrogen) atoms. The van der Waals surface area contributed by atoms with Crippen molar-refractivity contribution in [1.82, 2.24) is 10.6 Å². The lowest BCUT2D eigenvalue weighted by Gasteiger charge is -2.19. The first-order chi connectivity index (χ1) is 10.5. The van der Waals surface area contributed by atoms with Gasteiger partial charge in [0.15, 0.2) is 0 Å². The van der Waals surface area contributed by atoms with E-state index >= 15 is 0 Å². The maximum atomic E-state index is 11.4. The van der Waals surface area contributed by atoms with Crippen LogP contribution < -0.4 is 10.6 Å². The molecule has 2 N–H and O–H groups in total. The highest BCUT2D eigenvalue weighted by atomic mass is 16.6. The average Bonchev–Trinajstić information content (AvgIpc) is 2.32. The van der Waals surface area contributed by atoms with Crippen LogP contribution in [0.4, 0.5) is 9.59 Å². The fourth-order valence-electron chi connectivity index (χ4n) is 1.46. The molecule has 0 atom stereocenters. The van der Waals surface area contributed by atoms with Gasteiger partial charge in [0.05, 0.1) is 0 Å². The third-order valence-electron chi connectivity index (χ3n) is 2.27. The minimum absolute atomic E-state index is 0.418. The van der Waals surface area contributed by atoms with Crippen LogP contribution in [0.3, 0.4) is 0 Å². The highest BCUT2D eigenvalue weighted by molar-refractivity contribution is 5.67. The summed E-state index contributed by atoms with van der Waals surface area (Å²) in [6.07, 6.45) is 0.579. The van der Waals surface area contributed by atoms with Crippen LogP contribution in [0, 0.1) is 0 Å². The lowest BCUT2D eigenvalue weighted by molar-refractivity contribution is 0.0516. The van der Waals surface area contributed by atoms with Crippen LogP contribution >= 0.6 is 0 Å². The van der Waals surface area contributed by atoms with Crippen LogP contribution in [-0.2, 0) is 14.2 Å². The van der Waals surface area contributed by atoms with Gasteiger partial charge in [-0.05, 0) is 54.4 Å². The highest BCUT2D eigenvalue weighted by Gasteiger charge is 2.16. The second-order valence-corrected chi connectivity index (χ2v) is 7.18. The van der Waals surface area contributed by atoms with E-state index in [1.54, 1.807) is 0 Å². The topological polar surface area (TPSA) is 85.9 Å². The first-order valence-electron chi connectivity index (χ1n) is 8.01. The number of ether oxygens (including phenoxy) is 3. The molecular weight excluding hydrogens is 300 g/mol. The number of alkyl carbamates (subject to hydrolysis) is 2. The average molecular weight is 332 g/mol. The van der Waals surface area contributed by atoms with E-state index in [2.05, 4.69) is 10.6 Å². The van der Waals surface area contributed by atoms with Crippen molar-refractivity contribution >= 4 is 12.2 Å². The third kappa shape index (κ3) is 16.7. The normalized spacial score (nSPS) is 11.7. The largest absolute Gasteiger partial charge is 0.444 e. The summed E-state index contributed by atoms with van der Waals surface area (Å²) in [4.78, 5) is 22.7. The van der Waals surface area contributed by atoms with Gasteiger partial charge < -0.3 is 24.8 Å². The number of carbonyl (C=O) groups excluding carboxylic acids is 2. The lowest BCUT2D eigenvalue weighted by Crippen LogP contribution is -2.33. The minimum atomic E-state index is -0.484. The lowest BCUT2D eigenvalue weighted by atomic mass is 10.2. The Morgan fingerprint density at radius 2 is 1.09 bits per heavy atom. The number of hydrogen-bond donors (Lipinski definition) is 2. The molecule has 0 aliphatic carbocycles. The first-order valence-corrected chi connectivity index (χ1v) is 8.01. The van der Waals surface area contributed by atoms with Crippen LogP contribution in [0.15, 0.2) is 0 Å². The van der Waals surface area contributed by atoms with Gasteiger partial charge in [-0.2, -0.15) is 0 Å². The number of nitrogens with one attached hydrogen (secondary N) is 2. The Hall–Kier alpha value is -1.50. The number of amides is 2. The van der Waals surface area contributed by atoms with Gasteiger partial charge in [-0.1, -0.05) is 0 Å². The van der Waals surface area contributed by atoms with Crippen molar-refractivity contribution in [2.45, 2.75) is 65.6 Å². The summed E-state index contributed by atoms with van der Waals surface area (Å²) in [5.74, 6) is 0. The van der Waals surface area contributed by atoms with E-state index in [0.717, 1.165) is 0 Å². The van der Waals surface area contributed by atoms with E-state index in [-0.39, 0.29) is 0 Å². The fraction of sp³-hybridized carbons (Fsp3) is 0.875. The minimum Gasteiger partial charge on any atom is -0.444 e. The number of hydrogen-bond acceptors (Lipinski definition) is 5. The van der Waals surface area contributed by atoms with Crippen molar-refractivity contribution in [2.75, 3.05) is 26.3 Å². The van der Waals surface area contributed by atoms with Gasteiger partial charge in [-0.3, -0.25) is 0 Å². The standard InChI is InChI=1S/C16H32N2O5/c1-15(2,3)22-13(19)17-9-7-11-21-12-8-10-18-14(20)23-16(4,5)6/h7-12H2,1-6H3,(H,17,19)(H,18,20). The van der Waals surface area contributed by atoms with Gasteiger partial charge in [0, 0.05) is 26.3 Å². The Morgan fingerprint density at radius 1 is 0.739 bits per heavy atom. The van der Waals surface area contributed by atoms with Crippen LogP contribution in [-0.4, -0.2) is 49.7 Å². The SMILES string of the molecule is CC(C)(C)OC(=O)NCCCOCCCNC(=O)OC(C)(C)C. The maximum Gasteiger partial charge on any atom is 0.407 e. The van der Waals surface area contributed by atoms with Crippen molar-refractivity contribution in [3.8, 4) is 0 Å². The molecule has 136 valence electrons. The van der Waals surface area contributed by atoms with Crippen molar-refractivity contribution in [2.24, 2.45) is 0 Å². The van der Waals surface area contributed by atoms with E-state index in [1.165, 1.54) is 0 Å². The maximum absolute atomic E-state index is 11.4. The molecule has 0 heterocycles. The van der Waals surface area contributed by atoms with E-state index in [9.17, 15) is 9.59 Å². The molecule has 0 aromatic carbocycles. The highest BCUT2D eigenvalue weighted by Crippen LogP contribution is 2.06. The molecule has 0 aliphatic heterocycles. The smallest absolute Gasteiger partial charge is 0.407 e. The van der Waals surface area contributed by atoms with Crippen LogP contribution in [0.1, 0.15) is 54.4 Å². The summed E-state index contributed by atoms with van der Waals surface area (Å²) in [5.41, 5.74) is -0.969. The van der Waals surface area contributed by atoms with E-state index in [4.69, 9.17) is 14.2 Å². The molecule has 0 aromatic rings. The molecule has 0 radical (unpaired) electrons. The molecule has 0 rings (SSSR count). The molecule has 0 aliphatic rings. The van der Waals surface area contributed by atoms with Gasteiger partial charge in [-0.25, -0.2) is 9.59 Å². The summed E-state index contributed by atoms with van der Waals surface area (Å²) in [6, 6.07) is 0. The third-order valence-corrected chi connectivity index (χ3v) is 2.27. The van der Waals surface area contributed by atoms with E-state index in [0.29, 0.717) is 39.1 Å². The summed E-state index contributed by atoms with van der Waals surface area (Å²) < 4.78 is 15.6. The molecule has 0 unspecified atom stereocenters. The van der Waals surface area contributed by atoms with Gasteiger partial charge in [0.1, 0.15) is 11.2 Å². The summed E-state index contributed by atoms with van der Waals surface area (Å²) >= 11 is 0. The van der Waals surface area contributed by atoms with E-state index in [1.807, 2.05) is 41.5 Å².